The highest BCUT2D eigenvalue weighted by atomic mass is 32.1. The van der Waals surface area contributed by atoms with Crippen LogP contribution in [0.1, 0.15) is 17.7 Å². The van der Waals surface area contributed by atoms with Gasteiger partial charge in [-0.15, -0.1) is 11.3 Å². The molecule has 6 heteroatoms. The van der Waals surface area contributed by atoms with Gasteiger partial charge in [0.1, 0.15) is 0 Å². The first-order valence-electron chi connectivity index (χ1n) is 20.8. The fourth-order valence-corrected chi connectivity index (χ4v) is 10.9. The molecule has 0 saturated carbocycles. The Morgan fingerprint density at radius 2 is 1.05 bits per heavy atom. The number of benzene rings is 8. The summed E-state index contributed by atoms with van der Waals surface area (Å²) in [5.74, 6) is 1.98. The molecule has 1 aliphatic rings. The second-order valence-electron chi connectivity index (χ2n) is 15.8. The first kappa shape index (κ1) is 34.2. The first-order valence-corrected chi connectivity index (χ1v) is 21.7. The fraction of sp³-hybridized carbons (Fsp3) is 0.0364. The van der Waals surface area contributed by atoms with Crippen LogP contribution in [0.5, 0.6) is 0 Å². The topological polar surface area (TPSA) is 48.5 Å². The third kappa shape index (κ3) is 5.22. The lowest BCUT2D eigenvalue weighted by atomic mass is 9.98. The smallest absolute Gasteiger partial charge is 0.164 e. The number of thiophene rings is 1. The highest BCUT2D eigenvalue weighted by molar-refractivity contribution is 7.26. The van der Waals surface area contributed by atoms with E-state index in [2.05, 4.69) is 161 Å². The normalized spacial score (nSPS) is 12.7. The van der Waals surface area contributed by atoms with Crippen molar-refractivity contribution in [3.05, 3.63) is 193 Å². The van der Waals surface area contributed by atoms with Crippen molar-refractivity contribution < 1.29 is 0 Å². The van der Waals surface area contributed by atoms with Gasteiger partial charge in [-0.3, -0.25) is 0 Å². The predicted molar refractivity (Wildman–Crippen MR) is 255 cm³/mol. The summed E-state index contributed by atoms with van der Waals surface area (Å²) in [4.78, 5) is 15.3. The van der Waals surface area contributed by atoms with Crippen molar-refractivity contribution in [3.8, 4) is 45.5 Å². The minimum atomic E-state index is 0.659. The Morgan fingerprint density at radius 1 is 0.426 bits per heavy atom. The van der Waals surface area contributed by atoms with Gasteiger partial charge >= 0.3 is 0 Å². The zero-order valence-corrected chi connectivity index (χ0v) is 33.8. The Balaban J connectivity index is 1.04. The van der Waals surface area contributed by atoms with E-state index in [1.165, 1.54) is 75.2 Å². The molecule has 0 atom stereocenters. The summed E-state index contributed by atoms with van der Waals surface area (Å²) in [5.41, 5.74) is 11.7. The van der Waals surface area contributed by atoms with Gasteiger partial charge in [0.15, 0.2) is 17.5 Å². The third-order valence-corrected chi connectivity index (χ3v) is 13.5. The van der Waals surface area contributed by atoms with Crippen molar-refractivity contribution in [1.82, 2.24) is 24.1 Å². The average molecular weight is 798 g/mol. The minimum Gasteiger partial charge on any atom is -0.310 e. The molecule has 0 radical (unpaired) electrons. The molecular weight excluding hydrogens is 763 g/mol. The molecule has 4 aromatic heterocycles. The van der Waals surface area contributed by atoms with Gasteiger partial charge in [-0.1, -0.05) is 127 Å². The Morgan fingerprint density at radius 3 is 1.79 bits per heavy atom. The predicted octanol–water partition coefficient (Wildman–Crippen LogP) is 14.4. The second-order valence-corrected chi connectivity index (χ2v) is 16.9. The van der Waals surface area contributed by atoms with Crippen LogP contribution in [-0.2, 0) is 6.42 Å². The van der Waals surface area contributed by atoms with E-state index in [0.29, 0.717) is 17.5 Å². The number of allylic oxidation sites excluding steroid dienone is 1. The Labute approximate surface area is 355 Å². The molecular formula is C55H35N5S. The summed E-state index contributed by atoms with van der Waals surface area (Å²) >= 11 is 1.83. The van der Waals surface area contributed by atoms with Crippen molar-refractivity contribution in [1.29, 1.82) is 0 Å². The zero-order valence-electron chi connectivity index (χ0n) is 33.0. The van der Waals surface area contributed by atoms with Gasteiger partial charge in [0.2, 0.25) is 0 Å². The van der Waals surface area contributed by atoms with Gasteiger partial charge in [0, 0.05) is 70.1 Å². The molecule has 0 unspecified atom stereocenters. The number of hydrogen-bond donors (Lipinski definition) is 0. The molecule has 0 saturated heterocycles. The van der Waals surface area contributed by atoms with Crippen molar-refractivity contribution >= 4 is 81.1 Å². The largest absolute Gasteiger partial charge is 0.310 e. The van der Waals surface area contributed by atoms with Crippen molar-refractivity contribution in [2.24, 2.45) is 0 Å². The van der Waals surface area contributed by atoms with Crippen LogP contribution in [0.4, 0.5) is 0 Å². The standard InChI is InChI=1S/C55H35N5S/c1-4-16-34(17-5-1)53-56-54(35-18-6-2-7-19-35)58-55(57-53)42-33-49-50(39-23-11-10-22-38(39)42)43-32-37(28-31-48(43)61-49)60-45-27-15-13-25-41(45)52-47(60)30-29-46-51(52)40-24-12-14-26-44(40)59(46)36-20-8-3-9-21-36/h1-11,13-23,25-33H,12,24H2. The third-order valence-electron chi connectivity index (χ3n) is 12.4. The molecule has 0 spiro atoms. The summed E-state index contributed by atoms with van der Waals surface area (Å²) in [5, 5.41) is 8.76. The maximum Gasteiger partial charge on any atom is 0.164 e. The van der Waals surface area contributed by atoms with E-state index < -0.39 is 0 Å². The van der Waals surface area contributed by atoms with Crippen molar-refractivity contribution in [2.45, 2.75) is 12.8 Å². The van der Waals surface area contributed by atoms with Crippen LogP contribution in [-0.4, -0.2) is 24.1 Å². The lowest BCUT2D eigenvalue weighted by Crippen LogP contribution is -2.00. The van der Waals surface area contributed by atoms with Crippen LogP contribution in [0.2, 0.25) is 0 Å². The molecule has 8 aromatic carbocycles. The van der Waals surface area contributed by atoms with Gasteiger partial charge in [-0.2, -0.15) is 0 Å². The fourth-order valence-electron chi connectivity index (χ4n) is 9.80. The zero-order chi connectivity index (χ0) is 40.0. The number of nitrogens with zero attached hydrogens (tertiary/aromatic N) is 5. The maximum atomic E-state index is 5.16. The van der Waals surface area contributed by atoms with Crippen LogP contribution >= 0.6 is 11.3 Å². The summed E-state index contributed by atoms with van der Waals surface area (Å²) in [7, 11) is 0. The molecule has 0 N–H and O–H groups in total. The van der Waals surface area contributed by atoms with Gasteiger partial charge in [0.05, 0.1) is 16.6 Å². The summed E-state index contributed by atoms with van der Waals surface area (Å²) < 4.78 is 7.39. The summed E-state index contributed by atoms with van der Waals surface area (Å²) in [6.07, 6.45) is 6.72. The minimum absolute atomic E-state index is 0.659. The van der Waals surface area contributed by atoms with E-state index in [9.17, 15) is 0 Å². The second kappa shape index (κ2) is 13.4. The molecule has 0 aliphatic heterocycles. The maximum absolute atomic E-state index is 5.16. The Kier molecular flexibility index (Phi) is 7.53. The van der Waals surface area contributed by atoms with E-state index in [1.807, 2.05) is 47.7 Å². The van der Waals surface area contributed by atoms with Gasteiger partial charge < -0.3 is 9.13 Å². The lowest BCUT2D eigenvalue weighted by Gasteiger charge is -2.12. The van der Waals surface area contributed by atoms with Crippen LogP contribution in [0.25, 0.3) is 115 Å². The Hall–Kier alpha value is -7.67. The number of rotatable bonds is 5. The molecule has 0 amide bonds. The quantitative estimate of drug-likeness (QED) is 0.174. The van der Waals surface area contributed by atoms with Crippen LogP contribution in [0.3, 0.4) is 0 Å². The molecule has 4 heterocycles. The van der Waals surface area contributed by atoms with E-state index in [-0.39, 0.29) is 0 Å². The highest BCUT2D eigenvalue weighted by Gasteiger charge is 2.25. The molecule has 61 heavy (non-hydrogen) atoms. The first-order chi connectivity index (χ1) is 30.3. The monoisotopic (exact) mass is 797 g/mol. The number of fused-ring (bicyclic) bond motifs is 12. The molecule has 1 aliphatic carbocycles. The molecule has 0 fully saturated rings. The Bertz CT molecular complexity index is 3690. The number of para-hydroxylation sites is 2. The van der Waals surface area contributed by atoms with Crippen LogP contribution < -0.4 is 0 Å². The summed E-state index contributed by atoms with van der Waals surface area (Å²) in [6.45, 7) is 0. The van der Waals surface area contributed by atoms with Crippen molar-refractivity contribution in [3.63, 3.8) is 0 Å². The van der Waals surface area contributed by atoms with Gasteiger partial charge in [-0.25, -0.2) is 15.0 Å². The molecule has 0 bridgehead atoms. The molecule has 12 aromatic rings. The van der Waals surface area contributed by atoms with E-state index in [0.717, 1.165) is 40.6 Å². The number of aryl methyl sites for hydroxylation is 1. The summed E-state index contributed by atoms with van der Waals surface area (Å²) in [6, 6.07) is 62.9. The number of hydrogen-bond acceptors (Lipinski definition) is 4. The van der Waals surface area contributed by atoms with Crippen LogP contribution in [0, 0.1) is 0 Å². The van der Waals surface area contributed by atoms with Crippen LogP contribution in [0.15, 0.2) is 182 Å². The number of aromatic nitrogens is 5. The molecule has 13 rings (SSSR count). The molecule has 5 nitrogen and oxygen atoms in total. The SMILES string of the molecule is C1=Cc2c(c3c4c5ccccc5n(-c5ccc6sc7cc(-c8nc(-c9ccccc9)nc(-c9ccccc9)n8)c8ccccc8c7c6c5)c4ccc3n2-c2ccccc2)CC1. The van der Waals surface area contributed by atoms with Gasteiger partial charge in [0.25, 0.3) is 0 Å². The molecule has 286 valence electrons. The lowest BCUT2D eigenvalue weighted by molar-refractivity contribution is 0.968. The van der Waals surface area contributed by atoms with E-state index in [4.69, 9.17) is 15.0 Å². The highest BCUT2D eigenvalue weighted by Crippen LogP contribution is 2.46. The van der Waals surface area contributed by atoms with Gasteiger partial charge in [-0.05, 0) is 89.9 Å². The van der Waals surface area contributed by atoms with E-state index >= 15 is 0 Å². The van der Waals surface area contributed by atoms with E-state index in [1.54, 1.807) is 0 Å². The average Bonchev–Trinajstić information content (AvgIpc) is 3.99. The van der Waals surface area contributed by atoms with Crippen molar-refractivity contribution in [2.75, 3.05) is 0 Å².